The van der Waals surface area contributed by atoms with Crippen molar-refractivity contribution in [3.8, 4) is 11.5 Å². The molecule has 0 spiro atoms. The van der Waals surface area contributed by atoms with Crippen LogP contribution in [0.2, 0.25) is 0 Å². The molecule has 0 saturated heterocycles. The smallest absolute Gasteiger partial charge is 0.435 e. The summed E-state index contributed by atoms with van der Waals surface area (Å²) in [5.74, 6) is 0.475. The van der Waals surface area contributed by atoms with Crippen molar-refractivity contribution in [2.24, 2.45) is 0 Å². The second kappa shape index (κ2) is 7.24. The van der Waals surface area contributed by atoms with Crippen molar-refractivity contribution >= 4 is 5.91 Å². The fraction of sp³-hybridized carbons (Fsp3) is 0.333. The Labute approximate surface area is 136 Å². The zero-order valence-corrected chi connectivity index (χ0v) is 13.1. The number of hydrogen-bond donors (Lipinski definition) is 1. The number of amides is 1. The first-order valence-electron chi connectivity index (χ1n) is 6.96. The van der Waals surface area contributed by atoms with Gasteiger partial charge in [-0.2, -0.15) is 18.3 Å². The quantitative estimate of drug-likeness (QED) is 0.874. The standard InChI is InChI=1S/C15H16F3N3O3/c1-23-10-3-4-11(12(9-10)24-2)14(22)19-6-8-21-7-5-13(20-21)15(16,17)18/h3-5,7,9H,6,8H2,1-2H3,(H,19,22). The van der Waals surface area contributed by atoms with E-state index >= 15 is 0 Å². The Bertz CT molecular complexity index is 713. The van der Waals surface area contributed by atoms with E-state index in [9.17, 15) is 18.0 Å². The van der Waals surface area contributed by atoms with Gasteiger partial charge in [0.25, 0.3) is 5.91 Å². The summed E-state index contributed by atoms with van der Waals surface area (Å²) >= 11 is 0. The van der Waals surface area contributed by atoms with Gasteiger partial charge < -0.3 is 14.8 Å². The Morgan fingerprint density at radius 2 is 2.00 bits per heavy atom. The van der Waals surface area contributed by atoms with Gasteiger partial charge in [0.05, 0.1) is 26.3 Å². The molecule has 0 radical (unpaired) electrons. The molecule has 0 aliphatic heterocycles. The van der Waals surface area contributed by atoms with Gasteiger partial charge in [-0.05, 0) is 18.2 Å². The maximum Gasteiger partial charge on any atom is 0.435 e. The first-order valence-corrected chi connectivity index (χ1v) is 6.96. The van der Waals surface area contributed by atoms with Gasteiger partial charge in [0, 0.05) is 18.8 Å². The zero-order chi connectivity index (χ0) is 17.7. The van der Waals surface area contributed by atoms with E-state index in [2.05, 4.69) is 10.4 Å². The Hall–Kier alpha value is -2.71. The normalized spacial score (nSPS) is 11.2. The van der Waals surface area contributed by atoms with Crippen LogP contribution in [0, 0.1) is 0 Å². The molecule has 0 fully saturated rings. The molecule has 9 heteroatoms. The fourth-order valence-electron chi connectivity index (χ4n) is 2.00. The number of benzene rings is 1. The molecule has 1 amide bonds. The van der Waals surface area contributed by atoms with Crippen LogP contribution in [0.3, 0.4) is 0 Å². The third-order valence-corrected chi connectivity index (χ3v) is 3.21. The van der Waals surface area contributed by atoms with Crippen molar-refractivity contribution in [2.45, 2.75) is 12.7 Å². The highest BCUT2D eigenvalue weighted by molar-refractivity contribution is 5.97. The number of hydrogen-bond acceptors (Lipinski definition) is 4. The molecule has 2 rings (SSSR count). The number of nitrogens with one attached hydrogen (secondary N) is 1. The summed E-state index contributed by atoms with van der Waals surface area (Å²) < 4.78 is 48.6. The molecule has 24 heavy (non-hydrogen) atoms. The highest BCUT2D eigenvalue weighted by Crippen LogP contribution is 2.27. The van der Waals surface area contributed by atoms with Crippen molar-refractivity contribution in [1.82, 2.24) is 15.1 Å². The highest BCUT2D eigenvalue weighted by Gasteiger charge is 2.33. The molecule has 130 valence electrons. The minimum Gasteiger partial charge on any atom is -0.497 e. The first kappa shape index (κ1) is 17.6. The molecule has 0 atom stereocenters. The molecule has 1 aromatic heterocycles. The van der Waals surface area contributed by atoms with Crippen molar-refractivity contribution in [2.75, 3.05) is 20.8 Å². The summed E-state index contributed by atoms with van der Waals surface area (Å²) in [7, 11) is 2.92. The number of ether oxygens (including phenoxy) is 2. The second-order valence-corrected chi connectivity index (χ2v) is 4.78. The number of rotatable bonds is 6. The van der Waals surface area contributed by atoms with Gasteiger partial charge >= 0.3 is 6.18 Å². The van der Waals surface area contributed by atoms with E-state index in [0.717, 1.165) is 10.7 Å². The molecule has 0 bridgehead atoms. The molecule has 6 nitrogen and oxygen atoms in total. The van der Waals surface area contributed by atoms with Gasteiger partial charge in [0.1, 0.15) is 11.5 Å². The van der Waals surface area contributed by atoms with Crippen molar-refractivity contribution in [3.05, 3.63) is 41.7 Å². The number of carbonyl (C=O) groups excluding carboxylic acids is 1. The lowest BCUT2D eigenvalue weighted by Gasteiger charge is -2.11. The van der Waals surface area contributed by atoms with Crippen molar-refractivity contribution in [1.29, 1.82) is 0 Å². The highest BCUT2D eigenvalue weighted by atomic mass is 19.4. The number of halogens is 3. The predicted molar refractivity (Wildman–Crippen MR) is 79.1 cm³/mol. The third kappa shape index (κ3) is 4.18. The lowest BCUT2D eigenvalue weighted by Crippen LogP contribution is -2.27. The van der Waals surface area contributed by atoms with Gasteiger partial charge in [-0.25, -0.2) is 0 Å². The Morgan fingerprint density at radius 1 is 1.25 bits per heavy atom. The van der Waals surface area contributed by atoms with E-state index < -0.39 is 17.8 Å². The molecule has 0 aliphatic carbocycles. The van der Waals surface area contributed by atoms with E-state index in [1.54, 1.807) is 18.2 Å². The molecule has 1 aromatic carbocycles. The summed E-state index contributed by atoms with van der Waals surface area (Å²) in [5, 5.41) is 6.01. The van der Waals surface area contributed by atoms with Crippen LogP contribution in [-0.2, 0) is 12.7 Å². The molecule has 0 saturated carbocycles. The molecular weight excluding hydrogens is 327 g/mol. The van der Waals surface area contributed by atoms with Crippen molar-refractivity contribution in [3.63, 3.8) is 0 Å². The number of methoxy groups -OCH3 is 2. The topological polar surface area (TPSA) is 65.4 Å². The number of aromatic nitrogens is 2. The van der Waals surface area contributed by atoms with Gasteiger partial charge in [0.15, 0.2) is 5.69 Å². The lowest BCUT2D eigenvalue weighted by molar-refractivity contribution is -0.141. The maximum atomic E-state index is 12.4. The molecule has 1 N–H and O–H groups in total. The van der Waals surface area contributed by atoms with Gasteiger partial charge in [0.2, 0.25) is 0 Å². The first-order chi connectivity index (χ1) is 11.3. The molecular formula is C15H16F3N3O3. The van der Waals surface area contributed by atoms with Crippen LogP contribution >= 0.6 is 0 Å². The Balaban J connectivity index is 1.95. The fourth-order valence-corrected chi connectivity index (χ4v) is 2.00. The number of carbonyl (C=O) groups is 1. The number of alkyl halides is 3. The van der Waals surface area contributed by atoms with Gasteiger partial charge in [-0.1, -0.05) is 0 Å². The van der Waals surface area contributed by atoms with Crippen LogP contribution in [0.15, 0.2) is 30.5 Å². The summed E-state index contributed by atoms with van der Waals surface area (Å²) in [6.45, 7) is 0.229. The summed E-state index contributed by atoms with van der Waals surface area (Å²) in [6.07, 6.45) is -3.27. The average Bonchev–Trinajstić information content (AvgIpc) is 3.03. The predicted octanol–water partition coefficient (Wildman–Crippen LogP) is 2.35. The van der Waals surface area contributed by atoms with Crippen LogP contribution in [0.4, 0.5) is 13.2 Å². The van der Waals surface area contributed by atoms with E-state index in [4.69, 9.17) is 9.47 Å². The average molecular weight is 343 g/mol. The van der Waals surface area contributed by atoms with Gasteiger partial charge in [-0.15, -0.1) is 0 Å². The molecule has 1 heterocycles. The summed E-state index contributed by atoms with van der Waals surface area (Å²) in [4.78, 5) is 12.1. The Kier molecular flexibility index (Phi) is 5.32. The number of nitrogens with zero attached hydrogens (tertiary/aromatic N) is 2. The van der Waals surface area contributed by atoms with Crippen LogP contribution in [-0.4, -0.2) is 36.5 Å². The van der Waals surface area contributed by atoms with E-state index in [-0.39, 0.29) is 13.1 Å². The van der Waals surface area contributed by atoms with E-state index in [0.29, 0.717) is 17.1 Å². The monoisotopic (exact) mass is 343 g/mol. The van der Waals surface area contributed by atoms with Gasteiger partial charge in [-0.3, -0.25) is 9.48 Å². The maximum absolute atomic E-state index is 12.4. The zero-order valence-electron chi connectivity index (χ0n) is 13.1. The molecule has 2 aromatic rings. The second-order valence-electron chi connectivity index (χ2n) is 4.78. The third-order valence-electron chi connectivity index (χ3n) is 3.21. The van der Waals surface area contributed by atoms with E-state index in [1.165, 1.54) is 20.4 Å². The van der Waals surface area contributed by atoms with E-state index in [1.807, 2.05) is 0 Å². The SMILES string of the molecule is COc1ccc(C(=O)NCCn2ccc(C(F)(F)F)n2)c(OC)c1. The van der Waals surface area contributed by atoms with Crippen LogP contribution in [0.1, 0.15) is 16.1 Å². The van der Waals surface area contributed by atoms with Crippen LogP contribution in [0.25, 0.3) is 0 Å². The lowest BCUT2D eigenvalue weighted by atomic mass is 10.1. The summed E-state index contributed by atoms with van der Waals surface area (Å²) in [5.41, 5.74) is -0.666. The largest absolute Gasteiger partial charge is 0.497 e. The minimum absolute atomic E-state index is 0.111. The van der Waals surface area contributed by atoms with Crippen LogP contribution in [0.5, 0.6) is 11.5 Å². The molecule has 0 aliphatic rings. The molecule has 0 unspecified atom stereocenters. The van der Waals surface area contributed by atoms with Crippen molar-refractivity contribution < 1.29 is 27.4 Å². The summed E-state index contributed by atoms with van der Waals surface area (Å²) in [6, 6.07) is 5.61. The minimum atomic E-state index is -4.48. The Morgan fingerprint density at radius 3 is 2.58 bits per heavy atom. The van der Waals surface area contributed by atoms with Crippen LogP contribution < -0.4 is 14.8 Å².